The Hall–Kier alpha value is -1.16. The van der Waals surface area contributed by atoms with Crippen molar-refractivity contribution in [2.24, 2.45) is 5.92 Å². The van der Waals surface area contributed by atoms with Gasteiger partial charge in [0.05, 0.1) is 13.2 Å². The predicted octanol–water partition coefficient (Wildman–Crippen LogP) is 3.31. The summed E-state index contributed by atoms with van der Waals surface area (Å²) in [6.45, 7) is 3.46. The first-order valence-electron chi connectivity index (χ1n) is 6.83. The molecule has 0 amide bonds. The topological polar surface area (TPSA) is 35.5 Å². The highest BCUT2D eigenvalue weighted by atomic mass is 32.2. The molecule has 1 fully saturated rings. The first-order valence-corrected chi connectivity index (χ1v) is 7.71. The van der Waals surface area contributed by atoms with Crippen LogP contribution in [0.3, 0.4) is 0 Å². The highest BCUT2D eigenvalue weighted by Crippen LogP contribution is 2.40. The largest absolute Gasteiger partial charge is 0.490 e. The fourth-order valence-corrected chi connectivity index (χ4v) is 3.79. The summed E-state index contributed by atoms with van der Waals surface area (Å²) in [7, 11) is 0. The number of fused-ring (bicyclic) bond motifs is 1. The SMILES string of the molecule is CC1C(=O)CCC1Sc1ccc2c(c1)OCCCO2. The number of hydrogen-bond donors (Lipinski definition) is 0. The van der Waals surface area contributed by atoms with Gasteiger partial charge in [-0.25, -0.2) is 0 Å². The fourth-order valence-electron chi connectivity index (χ4n) is 2.52. The summed E-state index contributed by atoms with van der Waals surface area (Å²) in [5.41, 5.74) is 0. The molecule has 0 bridgehead atoms. The van der Waals surface area contributed by atoms with Gasteiger partial charge in [0.25, 0.3) is 0 Å². The van der Waals surface area contributed by atoms with Gasteiger partial charge in [0.1, 0.15) is 5.78 Å². The maximum absolute atomic E-state index is 11.6. The molecule has 3 nitrogen and oxygen atoms in total. The molecule has 4 heteroatoms. The van der Waals surface area contributed by atoms with Gasteiger partial charge in [-0.15, -0.1) is 11.8 Å². The number of ether oxygens (including phenoxy) is 2. The van der Waals surface area contributed by atoms with Gasteiger partial charge >= 0.3 is 0 Å². The molecule has 1 aromatic carbocycles. The van der Waals surface area contributed by atoms with Crippen LogP contribution in [0.4, 0.5) is 0 Å². The Kier molecular flexibility index (Phi) is 3.69. The summed E-state index contributed by atoms with van der Waals surface area (Å²) in [6, 6.07) is 6.08. The van der Waals surface area contributed by atoms with Gasteiger partial charge < -0.3 is 9.47 Å². The van der Waals surface area contributed by atoms with Crippen molar-refractivity contribution in [3.8, 4) is 11.5 Å². The Bertz CT molecular complexity index is 486. The minimum atomic E-state index is 0.168. The van der Waals surface area contributed by atoms with Gasteiger partial charge in [0.2, 0.25) is 0 Å². The van der Waals surface area contributed by atoms with Crippen molar-refractivity contribution in [1.29, 1.82) is 0 Å². The summed E-state index contributed by atoms with van der Waals surface area (Å²) in [5.74, 6) is 2.23. The van der Waals surface area contributed by atoms with Gasteiger partial charge in [-0.2, -0.15) is 0 Å². The van der Waals surface area contributed by atoms with Crippen LogP contribution >= 0.6 is 11.8 Å². The second-order valence-corrected chi connectivity index (χ2v) is 6.42. The van der Waals surface area contributed by atoms with E-state index in [1.165, 1.54) is 0 Å². The number of thioether (sulfide) groups is 1. The van der Waals surface area contributed by atoms with E-state index in [-0.39, 0.29) is 5.92 Å². The van der Waals surface area contributed by atoms with E-state index >= 15 is 0 Å². The van der Waals surface area contributed by atoms with E-state index in [0.29, 0.717) is 24.2 Å². The van der Waals surface area contributed by atoms with Gasteiger partial charge in [-0.05, 0) is 24.6 Å². The average Bonchev–Trinajstić information content (AvgIpc) is 2.65. The number of Topliss-reactive ketones (excluding diaryl/α,β-unsaturated/α-hetero) is 1. The van der Waals surface area contributed by atoms with Crippen molar-refractivity contribution in [1.82, 2.24) is 0 Å². The zero-order valence-corrected chi connectivity index (χ0v) is 11.9. The van der Waals surface area contributed by atoms with Crippen LogP contribution in [-0.4, -0.2) is 24.2 Å². The molecular formula is C15H18O3S. The first kappa shape index (κ1) is 12.9. The van der Waals surface area contributed by atoms with E-state index < -0.39 is 0 Å². The monoisotopic (exact) mass is 278 g/mol. The Morgan fingerprint density at radius 3 is 2.74 bits per heavy atom. The van der Waals surface area contributed by atoms with Gasteiger partial charge in [-0.3, -0.25) is 4.79 Å². The molecule has 19 heavy (non-hydrogen) atoms. The molecule has 1 aliphatic heterocycles. The summed E-state index contributed by atoms with van der Waals surface area (Å²) >= 11 is 1.79. The third-order valence-corrected chi connectivity index (χ3v) is 5.22. The normalized spacial score (nSPS) is 26.3. The lowest BCUT2D eigenvalue weighted by atomic mass is 10.1. The summed E-state index contributed by atoms with van der Waals surface area (Å²) in [5, 5.41) is 0.400. The number of benzene rings is 1. The highest BCUT2D eigenvalue weighted by molar-refractivity contribution is 8.00. The maximum atomic E-state index is 11.6. The molecule has 0 saturated heterocycles. The summed E-state index contributed by atoms with van der Waals surface area (Å²) < 4.78 is 11.3. The van der Waals surface area contributed by atoms with Crippen LogP contribution in [0.2, 0.25) is 0 Å². The van der Waals surface area contributed by atoms with Crippen LogP contribution in [0.25, 0.3) is 0 Å². The zero-order valence-electron chi connectivity index (χ0n) is 11.1. The molecule has 1 aliphatic carbocycles. The van der Waals surface area contributed by atoms with Crippen molar-refractivity contribution in [2.75, 3.05) is 13.2 Å². The summed E-state index contributed by atoms with van der Waals surface area (Å²) in [4.78, 5) is 12.8. The Morgan fingerprint density at radius 2 is 2.00 bits per heavy atom. The Balaban J connectivity index is 1.75. The molecule has 1 saturated carbocycles. The van der Waals surface area contributed by atoms with Crippen molar-refractivity contribution in [2.45, 2.75) is 36.3 Å². The van der Waals surface area contributed by atoms with Crippen molar-refractivity contribution < 1.29 is 14.3 Å². The lowest BCUT2D eigenvalue weighted by molar-refractivity contribution is -0.120. The smallest absolute Gasteiger partial charge is 0.162 e. The lowest BCUT2D eigenvalue weighted by Gasteiger charge is -2.15. The molecule has 0 N–H and O–H groups in total. The van der Waals surface area contributed by atoms with E-state index in [9.17, 15) is 4.79 Å². The van der Waals surface area contributed by atoms with E-state index in [4.69, 9.17) is 9.47 Å². The van der Waals surface area contributed by atoms with Crippen molar-refractivity contribution >= 4 is 17.5 Å². The van der Waals surface area contributed by atoms with Gasteiger partial charge in [-0.1, -0.05) is 6.92 Å². The standard InChI is InChI=1S/C15H18O3S/c1-10-12(16)4-6-15(10)19-11-3-5-13-14(9-11)18-8-2-7-17-13/h3,5,9-10,15H,2,4,6-8H2,1H3. The van der Waals surface area contributed by atoms with Crippen LogP contribution < -0.4 is 9.47 Å². The third-order valence-electron chi connectivity index (χ3n) is 3.75. The molecule has 102 valence electrons. The summed E-state index contributed by atoms with van der Waals surface area (Å²) in [6.07, 6.45) is 2.63. The molecule has 2 unspecified atom stereocenters. The zero-order chi connectivity index (χ0) is 13.2. The van der Waals surface area contributed by atoms with Crippen molar-refractivity contribution in [3.05, 3.63) is 18.2 Å². The molecule has 2 aliphatic rings. The second kappa shape index (κ2) is 5.45. The number of rotatable bonds is 2. The molecule has 0 spiro atoms. The average molecular weight is 278 g/mol. The molecule has 0 radical (unpaired) electrons. The van der Waals surface area contributed by atoms with Crippen LogP contribution in [0.15, 0.2) is 23.1 Å². The quantitative estimate of drug-likeness (QED) is 0.831. The van der Waals surface area contributed by atoms with E-state index in [2.05, 4.69) is 6.07 Å². The highest BCUT2D eigenvalue weighted by Gasteiger charge is 2.31. The number of hydrogen-bond acceptors (Lipinski definition) is 4. The third kappa shape index (κ3) is 2.73. The predicted molar refractivity (Wildman–Crippen MR) is 75.1 cm³/mol. The van der Waals surface area contributed by atoms with Gasteiger partial charge in [0, 0.05) is 28.9 Å². The van der Waals surface area contributed by atoms with Crippen LogP contribution in [0.1, 0.15) is 26.2 Å². The molecule has 2 atom stereocenters. The van der Waals surface area contributed by atoms with E-state index in [0.717, 1.165) is 35.7 Å². The molecule has 1 aromatic rings. The minimum absolute atomic E-state index is 0.168. The van der Waals surface area contributed by atoms with E-state index in [1.54, 1.807) is 11.8 Å². The van der Waals surface area contributed by atoms with Crippen molar-refractivity contribution in [3.63, 3.8) is 0 Å². The van der Waals surface area contributed by atoms with Crippen LogP contribution in [0.5, 0.6) is 11.5 Å². The Morgan fingerprint density at radius 1 is 1.21 bits per heavy atom. The number of carbonyl (C=O) groups excluding carboxylic acids is 1. The molecule has 1 heterocycles. The second-order valence-electron chi connectivity index (χ2n) is 5.11. The maximum Gasteiger partial charge on any atom is 0.162 e. The van der Waals surface area contributed by atoms with Crippen LogP contribution in [0, 0.1) is 5.92 Å². The number of ketones is 1. The van der Waals surface area contributed by atoms with Gasteiger partial charge in [0.15, 0.2) is 11.5 Å². The molecule has 0 aromatic heterocycles. The fraction of sp³-hybridized carbons (Fsp3) is 0.533. The molecular weight excluding hydrogens is 260 g/mol. The molecule has 3 rings (SSSR count). The lowest BCUT2D eigenvalue weighted by Crippen LogP contribution is -2.11. The Labute approximate surface area is 117 Å². The van der Waals surface area contributed by atoms with E-state index in [1.807, 2.05) is 19.1 Å². The number of carbonyl (C=O) groups is 1. The first-order chi connectivity index (χ1) is 9.24. The minimum Gasteiger partial charge on any atom is -0.490 e. The van der Waals surface area contributed by atoms with Crippen LogP contribution in [-0.2, 0) is 4.79 Å².